The normalized spacial score (nSPS) is 24.5. The lowest BCUT2D eigenvalue weighted by molar-refractivity contribution is -0.121. The summed E-state index contributed by atoms with van der Waals surface area (Å²) in [6.07, 6.45) is -0.821. The van der Waals surface area contributed by atoms with E-state index in [2.05, 4.69) is 0 Å². The number of benzene rings is 1. The number of nitrogens with two attached hydrogens (primary N) is 1. The van der Waals surface area contributed by atoms with Crippen LogP contribution in [-0.4, -0.2) is 42.4 Å². The van der Waals surface area contributed by atoms with Crippen LogP contribution in [0, 0.1) is 6.92 Å². The number of sulfonamides is 1. The van der Waals surface area contributed by atoms with Crippen molar-refractivity contribution in [3.8, 4) is 0 Å². The van der Waals surface area contributed by atoms with Crippen LogP contribution in [0.3, 0.4) is 0 Å². The van der Waals surface area contributed by atoms with Crippen molar-refractivity contribution in [3.05, 3.63) is 29.8 Å². The van der Waals surface area contributed by atoms with Crippen LogP contribution in [0.4, 0.5) is 0 Å². The number of hydrogen-bond donors (Lipinski definition) is 2. The van der Waals surface area contributed by atoms with E-state index in [9.17, 15) is 18.3 Å². The molecule has 2 atom stereocenters. The molecule has 1 saturated heterocycles. The molecule has 0 unspecified atom stereocenters. The van der Waals surface area contributed by atoms with Crippen LogP contribution in [0.25, 0.3) is 0 Å². The number of aryl methyl sites for hydroxylation is 1. The highest BCUT2D eigenvalue weighted by Gasteiger charge is 2.42. The lowest BCUT2D eigenvalue weighted by Gasteiger charge is -2.21. The molecular formula is C12H16N2O4S. The van der Waals surface area contributed by atoms with E-state index in [1.807, 2.05) is 6.92 Å². The Kier molecular flexibility index (Phi) is 3.62. The minimum Gasteiger partial charge on any atom is -0.392 e. The molecular weight excluding hydrogens is 268 g/mol. The van der Waals surface area contributed by atoms with Gasteiger partial charge in [0.2, 0.25) is 15.9 Å². The molecule has 6 nitrogen and oxygen atoms in total. The third-order valence-corrected chi connectivity index (χ3v) is 5.08. The van der Waals surface area contributed by atoms with Gasteiger partial charge in [0.05, 0.1) is 11.0 Å². The van der Waals surface area contributed by atoms with Crippen molar-refractivity contribution < 1.29 is 18.3 Å². The van der Waals surface area contributed by atoms with Crippen molar-refractivity contribution in [2.24, 2.45) is 5.73 Å². The zero-order valence-corrected chi connectivity index (χ0v) is 11.3. The number of rotatable bonds is 3. The zero-order valence-electron chi connectivity index (χ0n) is 10.5. The predicted octanol–water partition coefficient (Wildman–Crippen LogP) is -0.396. The van der Waals surface area contributed by atoms with Crippen LogP contribution in [0.1, 0.15) is 12.0 Å². The number of primary amides is 1. The Morgan fingerprint density at radius 3 is 2.47 bits per heavy atom. The van der Waals surface area contributed by atoms with E-state index < -0.39 is 28.1 Å². The van der Waals surface area contributed by atoms with Gasteiger partial charge in [-0.25, -0.2) is 8.42 Å². The lowest BCUT2D eigenvalue weighted by atomic mass is 10.2. The molecule has 3 N–H and O–H groups in total. The quantitative estimate of drug-likeness (QED) is 0.789. The summed E-state index contributed by atoms with van der Waals surface area (Å²) >= 11 is 0. The number of amides is 1. The number of aliphatic hydroxyl groups excluding tert-OH is 1. The Balaban J connectivity index is 2.38. The molecule has 1 aliphatic rings. The first-order valence-corrected chi connectivity index (χ1v) is 7.32. The molecule has 2 rings (SSSR count). The van der Waals surface area contributed by atoms with Crippen molar-refractivity contribution in [1.82, 2.24) is 4.31 Å². The van der Waals surface area contributed by atoms with Crippen LogP contribution in [0.5, 0.6) is 0 Å². The van der Waals surface area contributed by atoms with Gasteiger partial charge in [-0.05, 0) is 19.1 Å². The van der Waals surface area contributed by atoms with Crippen molar-refractivity contribution in [2.45, 2.75) is 30.4 Å². The van der Waals surface area contributed by atoms with E-state index in [0.717, 1.165) is 9.87 Å². The molecule has 0 radical (unpaired) electrons. The van der Waals surface area contributed by atoms with Crippen molar-refractivity contribution in [3.63, 3.8) is 0 Å². The highest BCUT2D eigenvalue weighted by atomic mass is 32.2. The van der Waals surface area contributed by atoms with Crippen LogP contribution in [0.2, 0.25) is 0 Å². The highest BCUT2D eigenvalue weighted by Crippen LogP contribution is 2.26. The summed E-state index contributed by atoms with van der Waals surface area (Å²) in [5.74, 6) is -0.743. The SMILES string of the molecule is Cc1ccc(S(=O)(=O)N2C[C@H](O)C[C@@H]2C(N)=O)cc1. The van der Waals surface area contributed by atoms with Gasteiger partial charge in [0.25, 0.3) is 0 Å². The average molecular weight is 284 g/mol. The van der Waals surface area contributed by atoms with Crippen molar-refractivity contribution >= 4 is 15.9 Å². The Morgan fingerprint density at radius 2 is 1.95 bits per heavy atom. The van der Waals surface area contributed by atoms with E-state index in [-0.39, 0.29) is 17.9 Å². The predicted molar refractivity (Wildman–Crippen MR) is 68.7 cm³/mol. The van der Waals surface area contributed by atoms with Crippen LogP contribution < -0.4 is 5.73 Å². The fourth-order valence-electron chi connectivity index (χ4n) is 2.15. The van der Waals surface area contributed by atoms with E-state index in [1.54, 1.807) is 12.1 Å². The molecule has 1 heterocycles. The third-order valence-electron chi connectivity index (χ3n) is 3.19. The largest absolute Gasteiger partial charge is 0.392 e. The number of carbonyl (C=O) groups is 1. The van der Waals surface area contributed by atoms with Gasteiger partial charge in [-0.1, -0.05) is 17.7 Å². The second-order valence-corrected chi connectivity index (χ2v) is 6.59. The maximum Gasteiger partial charge on any atom is 0.243 e. The average Bonchev–Trinajstić information content (AvgIpc) is 2.73. The van der Waals surface area contributed by atoms with Gasteiger partial charge in [0.15, 0.2) is 0 Å². The fourth-order valence-corrected chi connectivity index (χ4v) is 3.80. The summed E-state index contributed by atoms with van der Waals surface area (Å²) in [5, 5.41) is 9.56. The van der Waals surface area contributed by atoms with Gasteiger partial charge < -0.3 is 10.8 Å². The summed E-state index contributed by atoms with van der Waals surface area (Å²) in [7, 11) is -3.81. The smallest absolute Gasteiger partial charge is 0.243 e. The molecule has 1 aliphatic heterocycles. The topological polar surface area (TPSA) is 101 Å². The Bertz CT molecular complexity index is 582. The maximum atomic E-state index is 12.4. The number of carbonyl (C=O) groups excluding carboxylic acids is 1. The standard InChI is InChI=1S/C12H16N2O4S/c1-8-2-4-10(5-3-8)19(17,18)14-7-9(15)6-11(14)12(13)16/h2-5,9,11,15H,6-7H2,1H3,(H2,13,16)/t9-,11-/m1/s1. The first-order valence-electron chi connectivity index (χ1n) is 5.88. The van der Waals surface area contributed by atoms with Crippen LogP contribution >= 0.6 is 0 Å². The van der Waals surface area contributed by atoms with Crippen LogP contribution in [-0.2, 0) is 14.8 Å². The van der Waals surface area contributed by atoms with E-state index in [0.29, 0.717) is 0 Å². The zero-order chi connectivity index (χ0) is 14.2. The van der Waals surface area contributed by atoms with E-state index in [4.69, 9.17) is 5.73 Å². The van der Waals surface area contributed by atoms with Crippen molar-refractivity contribution in [1.29, 1.82) is 0 Å². The van der Waals surface area contributed by atoms with E-state index >= 15 is 0 Å². The molecule has 0 aliphatic carbocycles. The van der Waals surface area contributed by atoms with Gasteiger partial charge in [0.1, 0.15) is 6.04 Å². The fraction of sp³-hybridized carbons (Fsp3) is 0.417. The second kappa shape index (κ2) is 4.92. The number of aliphatic hydroxyl groups is 1. The van der Waals surface area contributed by atoms with Crippen molar-refractivity contribution in [2.75, 3.05) is 6.54 Å². The molecule has 1 aromatic rings. The van der Waals surface area contributed by atoms with Gasteiger partial charge >= 0.3 is 0 Å². The van der Waals surface area contributed by atoms with Gasteiger partial charge in [0, 0.05) is 13.0 Å². The number of hydrogen-bond acceptors (Lipinski definition) is 4. The first kappa shape index (κ1) is 14.0. The second-order valence-electron chi connectivity index (χ2n) is 4.70. The molecule has 0 bridgehead atoms. The number of nitrogens with zero attached hydrogens (tertiary/aromatic N) is 1. The molecule has 7 heteroatoms. The van der Waals surface area contributed by atoms with Gasteiger partial charge in [-0.15, -0.1) is 0 Å². The maximum absolute atomic E-state index is 12.4. The molecule has 1 aromatic carbocycles. The highest BCUT2D eigenvalue weighted by molar-refractivity contribution is 7.89. The Morgan fingerprint density at radius 1 is 1.37 bits per heavy atom. The summed E-state index contributed by atoms with van der Waals surface area (Å²) in [6.45, 7) is 1.74. The molecule has 19 heavy (non-hydrogen) atoms. The third kappa shape index (κ3) is 2.63. The molecule has 0 spiro atoms. The molecule has 1 fully saturated rings. The Hall–Kier alpha value is -1.44. The summed E-state index contributed by atoms with van der Waals surface area (Å²) < 4.78 is 25.8. The van der Waals surface area contributed by atoms with Gasteiger partial charge in [-0.3, -0.25) is 4.79 Å². The summed E-state index contributed by atoms with van der Waals surface area (Å²) in [5.41, 5.74) is 6.13. The molecule has 0 aromatic heterocycles. The van der Waals surface area contributed by atoms with Gasteiger partial charge in [-0.2, -0.15) is 4.31 Å². The number of β-amino-alcohol motifs (C(OH)–C–C–N with tert-alkyl or cyclic N) is 1. The minimum absolute atomic E-state index is 0.0421. The lowest BCUT2D eigenvalue weighted by Crippen LogP contribution is -2.43. The molecule has 0 saturated carbocycles. The Labute approximate surface area is 111 Å². The van der Waals surface area contributed by atoms with E-state index in [1.165, 1.54) is 12.1 Å². The molecule has 104 valence electrons. The first-order chi connectivity index (χ1) is 8.82. The van der Waals surface area contributed by atoms with Crippen LogP contribution in [0.15, 0.2) is 29.2 Å². The summed E-state index contributed by atoms with van der Waals surface area (Å²) in [6, 6.07) is 5.33. The minimum atomic E-state index is -3.81. The molecule has 1 amide bonds. The monoisotopic (exact) mass is 284 g/mol. The summed E-state index contributed by atoms with van der Waals surface area (Å²) in [4.78, 5) is 11.4.